The zero-order valence-electron chi connectivity index (χ0n) is 19.1. The van der Waals surface area contributed by atoms with Gasteiger partial charge in [-0.25, -0.2) is 23.9 Å². The Balaban J connectivity index is 1.88. The third-order valence-electron chi connectivity index (χ3n) is 5.45. The molecule has 3 aromatic rings. The second-order valence-corrected chi connectivity index (χ2v) is 7.97. The third kappa shape index (κ3) is 5.25. The van der Waals surface area contributed by atoms with Crippen LogP contribution in [0.25, 0.3) is 11.0 Å². The molecule has 0 saturated carbocycles. The average molecular weight is 506 g/mol. The van der Waals surface area contributed by atoms with E-state index in [9.17, 15) is 19.5 Å². The van der Waals surface area contributed by atoms with Gasteiger partial charge in [-0.2, -0.15) is 0 Å². The number of carbonyl (C=O) groups excluding carboxylic acids is 2. The van der Waals surface area contributed by atoms with E-state index in [0.717, 1.165) is 5.52 Å². The van der Waals surface area contributed by atoms with Crippen molar-refractivity contribution in [1.82, 2.24) is 25.2 Å². The fourth-order valence-electron chi connectivity index (χ4n) is 3.67. The highest BCUT2D eigenvalue weighted by molar-refractivity contribution is 6.31. The number of hydrogen-bond donors (Lipinski definition) is 6. The maximum atomic E-state index is 12.7. The van der Waals surface area contributed by atoms with Crippen LogP contribution in [0.4, 0.5) is 11.6 Å². The van der Waals surface area contributed by atoms with Crippen LogP contribution in [-0.4, -0.2) is 55.2 Å². The molecule has 0 aliphatic rings. The van der Waals surface area contributed by atoms with Gasteiger partial charge in [-0.05, 0) is 19.1 Å². The highest BCUT2D eigenvalue weighted by Gasteiger charge is 2.26. The van der Waals surface area contributed by atoms with Gasteiger partial charge in [-0.3, -0.25) is 9.59 Å². The van der Waals surface area contributed by atoms with Crippen LogP contribution in [0.15, 0.2) is 18.2 Å². The lowest BCUT2D eigenvalue weighted by molar-refractivity contribution is -0.654. The Bertz CT molecular complexity index is 1310. The van der Waals surface area contributed by atoms with Gasteiger partial charge in [0.25, 0.3) is 17.6 Å². The number of amides is 2. The lowest BCUT2D eigenvalue weighted by Crippen LogP contribution is -2.41. The number of aryl methyl sites for hydroxylation is 2. The number of nitrogen functional groups attached to an aromatic ring is 2. The van der Waals surface area contributed by atoms with E-state index in [2.05, 4.69) is 20.6 Å². The van der Waals surface area contributed by atoms with Gasteiger partial charge in [0.2, 0.25) is 0 Å². The number of carboxylic acid groups (broad SMARTS) is 1. The summed E-state index contributed by atoms with van der Waals surface area (Å²) < 4.78 is 3.76. The van der Waals surface area contributed by atoms with Crippen LogP contribution in [0.5, 0.6) is 0 Å². The number of fused-ring (bicyclic) bond motifs is 1. The molecule has 0 aliphatic carbocycles. The fourth-order valence-corrected chi connectivity index (χ4v) is 3.80. The van der Waals surface area contributed by atoms with Crippen molar-refractivity contribution in [3.63, 3.8) is 0 Å². The monoisotopic (exact) mass is 505 g/mol. The van der Waals surface area contributed by atoms with Crippen molar-refractivity contribution in [2.75, 3.05) is 18.1 Å². The average Bonchev–Trinajstić information content (AvgIpc) is 3.09. The van der Waals surface area contributed by atoms with Crippen LogP contribution < -0.4 is 26.7 Å². The molecular weight excluding hydrogens is 480 g/mol. The van der Waals surface area contributed by atoms with Crippen molar-refractivity contribution in [1.29, 1.82) is 0 Å². The number of halogens is 1. The second kappa shape index (κ2) is 10.5. The molecule has 13 nitrogen and oxygen atoms in total. The lowest BCUT2D eigenvalue weighted by atomic mass is 10.1. The first-order chi connectivity index (χ1) is 16.6. The SMILES string of the molecule is CCn1c(CNC(=O)c2nc(Cl)c(N)nc2N)[n+](C)c2ccc(C(=O)N[C@@H](CCO)C(=O)O)cc21. The van der Waals surface area contributed by atoms with Crippen LogP contribution in [0.2, 0.25) is 5.15 Å². The molecule has 0 spiro atoms. The smallest absolute Gasteiger partial charge is 0.326 e. The summed E-state index contributed by atoms with van der Waals surface area (Å²) in [4.78, 5) is 44.3. The highest BCUT2D eigenvalue weighted by atomic mass is 35.5. The first kappa shape index (κ1) is 25.6. The number of nitrogens with zero attached hydrogens (tertiary/aromatic N) is 4. The van der Waals surface area contributed by atoms with Gasteiger partial charge >= 0.3 is 5.97 Å². The molecule has 3 rings (SSSR count). The molecule has 14 heteroatoms. The quantitative estimate of drug-likeness (QED) is 0.209. The Morgan fingerprint density at radius 1 is 1.20 bits per heavy atom. The number of aliphatic hydroxyl groups is 1. The van der Waals surface area contributed by atoms with E-state index in [-0.39, 0.29) is 47.6 Å². The molecule has 0 aliphatic heterocycles. The number of aliphatic hydroxyl groups excluding tert-OH is 1. The van der Waals surface area contributed by atoms with Crippen molar-refractivity contribution in [3.8, 4) is 0 Å². The minimum absolute atomic E-state index is 0.0795. The Kier molecular flexibility index (Phi) is 7.71. The van der Waals surface area contributed by atoms with Gasteiger partial charge in [0.15, 0.2) is 33.5 Å². The zero-order valence-corrected chi connectivity index (χ0v) is 19.8. The standard InChI is InChI=1S/C21H25ClN8O5/c1-3-30-13-8-10(19(32)26-11(6-7-31)21(34)35)4-5-12(13)29(2)14(30)9-25-20(33)15-17(23)28-18(24)16(22)27-15/h4-5,8,11,31H,3,6-7,9H2,1-2H3,(H6-,23,24,25,26,28,32,33,34,35)/p+1/t11-/m0/s1. The number of carbonyl (C=O) groups is 3. The van der Waals surface area contributed by atoms with Gasteiger partial charge in [-0.15, -0.1) is 0 Å². The lowest BCUT2D eigenvalue weighted by Gasteiger charge is -2.13. The molecule has 0 fully saturated rings. The number of hydrogen-bond acceptors (Lipinski definition) is 8. The number of imidazole rings is 1. The number of carboxylic acids is 1. The Hall–Kier alpha value is -3.97. The zero-order chi connectivity index (χ0) is 25.9. The number of nitrogens with two attached hydrogens (primary N) is 2. The summed E-state index contributed by atoms with van der Waals surface area (Å²) in [6.07, 6.45) is -0.110. The van der Waals surface area contributed by atoms with Crippen LogP contribution >= 0.6 is 11.6 Å². The number of aromatic nitrogens is 4. The van der Waals surface area contributed by atoms with Crippen molar-refractivity contribution in [3.05, 3.63) is 40.4 Å². The summed E-state index contributed by atoms with van der Waals surface area (Å²) in [5.41, 5.74) is 12.9. The van der Waals surface area contributed by atoms with Crippen LogP contribution in [0.1, 0.15) is 40.0 Å². The minimum atomic E-state index is -1.23. The Morgan fingerprint density at radius 3 is 2.54 bits per heavy atom. The normalized spacial score (nSPS) is 11.9. The van der Waals surface area contributed by atoms with Crippen molar-refractivity contribution in [2.45, 2.75) is 32.5 Å². The van der Waals surface area contributed by atoms with E-state index in [1.54, 1.807) is 18.2 Å². The van der Waals surface area contributed by atoms with Crippen molar-refractivity contribution in [2.24, 2.45) is 7.05 Å². The molecule has 2 amide bonds. The number of benzene rings is 1. The maximum absolute atomic E-state index is 12.7. The van der Waals surface area contributed by atoms with Gasteiger partial charge < -0.3 is 32.3 Å². The van der Waals surface area contributed by atoms with E-state index in [1.807, 2.05) is 23.1 Å². The van der Waals surface area contributed by atoms with Crippen LogP contribution in [0.3, 0.4) is 0 Å². The highest BCUT2D eigenvalue weighted by Crippen LogP contribution is 2.19. The van der Waals surface area contributed by atoms with Gasteiger partial charge in [-0.1, -0.05) is 11.6 Å². The molecule has 8 N–H and O–H groups in total. The first-order valence-corrected chi connectivity index (χ1v) is 11.0. The molecule has 1 aromatic carbocycles. The largest absolute Gasteiger partial charge is 0.480 e. The maximum Gasteiger partial charge on any atom is 0.326 e. The van der Waals surface area contributed by atoms with Gasteiger partial charge in [0, 0.05) is 24.7 Å². The van der Waals surface area contributed by atoms with Crippen molar-refractivity contribution < 1.29 is 29.2 Å². The van der Waals surface area contributed by atoms with E-state index in [4.69, 9.17) is 28.2 Å². The summed E-state index contributed by atoms with van der Waals surface area (Å²) in [6.45, 7) is 2.15. The second-order valence-electron chi connectivity index (χ2n) is 7.62. The first-order valence-electron chi connectivity index (χ1n) is 10.6. The Morgan fingerprint density at radius 2 is 1.91 bits per heavy atom. The molecule has 0 unspecified atom stereocenters. The van der Waals surface area contributed by atoms with Crippen LogP contribution in [0, 0.1) is 0 Å². The summed E-state index contributed by atoms with van der Waals surface area (Å²) in [7, 11) is 1.81. The van der Waals surface area contributed by atoms with E-state index < -0.39 is 23.8 Å². The third-order valence-corrected chi connectivity index (χ3v) is 5.73. The number of rotatable bonds is 9. The van der Waals surface area contributed by atoms with E-state index in [0.29, 0.717) is 17.9 Å². The van der Waals surface area contributed by atoms with Gasteiger partial charge in [0.05, 0.1) is 13.6 Å². The molecule has 0 bridgehead atoms. The Labute approximate surface area is 204 Å². The van der Waals surface area contributed by atoms with E-state index >= 15 is 0 Å². The topological polar surface area (TPSA) is 202 Å². The molecule has 0 saturated heterocycles. The number of nitrogens with one attached hydrogen (secondary N) is 2. The van der Waals surface area contributed by atoms with Gasteiger partial charge in [0.1, 0.15) is 12.6 Å². The number of anilines is 2. The summed E-state index contributed by atoms with van der Waals surface area (Å²) in [5, 5.41) is 23.3. The fraction of sp³-hybridized carbons (Fsp3) is 0.333. The van der Waals surface area contributed by atoms with E-state index in [1.165, 1.54) is 0 Å². The molecule has 0 radical (unpaired) electrons. The molecule has 186 valence electrons. The summed E-state index contributed by atoms with van der Waals surface area (Å²) in [6, 6.07) is 3.73. The molecule has 2 aromatic heterocycles. The summed E-state index contributed by atoms with van der Waals surface area (Å²) >= 11 is 5.86. The predicted octanol–water partition coefficient (Wildman–Crippen LogP) is -0.411. The van der Waals surface area contributed by atoms with Crippen molar-refractivity contribution >= 4 is 52.1 Å². The molecular formula is C21H26ClN8O5+. The minimum Gasteiger partial charge on any atom is -0.480 e. The predicted molar refractivity (Wildman–Crippen MR) is 126 cm³/mol. The summed E-state index contributed by atoms with van der Waals surface area (Å²) in [5.74, 6) is -1.92. The molecule has 1 atom stereocenters. The van der Waals surface area contributed by atoms with Crippen LogP contribution in [-0.2, 0) is 24.9 Å². The molecule has 2 heterocycles. The molecule has 35 heavy (non-hydrogen) atoms. The number of aliphatic carboxylic acids is 1.